The van der Waals surface area contributed by atoms with Crippen LogP contribution >= 0.6 is 0 Å². The summed E-state index contributed by atoms with van der Waals surface area (Å²) in [6.07, 6.45) is 0.659. The number of amides is 1. The van der Waals surface area contributed by atoms with Crippen molar-refractivity contribution in [3.63, 3.8) is 0 Å². The summed E-state index contributed by atoms with van der Waals surface area (Å²) in [5.41, 5.74) is 1.53. The van der Waals surface area contributed by atoms with Gasteiger partial charge in [0.15, 0.2) is 0 Å². The highest BCUT2D eigenvalue weighted by Gasteiger charge is 2.24. The Labute approximate surface area is 150 Å². The van der Waals surface area contributed by atoms with Crippen molar-refractivity contribution in [2.45, 2.75) is 26.3 Å². The van der Waals surface area contributed by atoms with Crippen LogP contribution in [0.2, 0.25) is 0 Å². The number of fused-ring (bicyclic) bond motifs is 1. The highest BCUT2D eigenvalue weighted by Crippen LogP contribution is 2.24. The molecule has 2 aromatic carbocycles. The zero-order valence-electron chi connectivity index (χ0n) is 14.6. The number of benzene rings is 2. The third kappa shape index (κ3) is 3.72. The maximum Gasteiger partial charge on any atom is 0.282 e. The minimum atomic E-state index is -0.548. The molecule has 1 atom stereocenters. The van der Waals surface area contributed by atoms with Crippen LogP contribution < -0.4 is 5.32 Å². The molecule has 0 fully saturated rings. The average molecular weight is 352 g/mol. The molecular formula is C19H20N4O3. The van der Waals surface area contributed by atoms with Crippen molar-refractivity contribution < 1.29 is 9.72 Å². The van der Waals surface area contributed by atoms with E-state index in [1.807, 2.05) is 38.1 Å². The van der Waals surface area contributed by atoms with Gasteiger partial charge in [-0.15, -0.1) is 0 Å². The van der Waals surface area contributed by atoms with Gasteiger partial charge in [-0.2, -0.15) is 0 Å². The quantitative estimate of drug-likeness (QED) is 0.517. The minimum Gasteiger partial charge on any atom is -0.342 e. The molecule has 3 rings (SSSR count). The molecule has 0 aliphatic heterocycles. The van der Waals surface area contributed by atoms with E-state index in [2.05, 4.69) is 15.3 Å². The van der Waals surface area contributed by atoms with Crippen molar-refractivity contribution in [1.82, 2.24) is 15.3 Å². The Bertz CT molecular complexity index is 916. The van der Waals surface area contributed by atoms with E-state index in [9.17, 15) is 14.9 Å². The van der Waals surface area contributed by atoms with Crippen molar-refractivity contribution >= 4 is 22.6 Å². The molecule has 0 radical (unpaired) electrons. The number of rotatable bonds is 6. The van der Waals surface area contributed by atoms with Gasteiger partial charge in [-0.3, -0.25) is 14.9 Å². The zero-order valence-corrected chi connectivity index (χ0v) is 14.6. The smallest absolute Gasteiger partial charge is 0.282 e. The first-order chi connectivity index (χ1) is 12.5. The predicted molar refractivity (Wildman–Crippen MR) is 98.9 cm³/mol. The number of hydrogen-bond acceptors (Lipinski definition) is 4. The Morgan fingerprint density at radius 1 is 1.19 bits per heavy atom. The molecular weight excluding hydrogens is 332 g/mol. The van der Waals surface area contributed by atoms with E-state index in [0.29, 0.717) is 18.2 Å². The molecule has 7 heteroatoms. The number of hydrogen-bond donors (Lipinski definition) is 2. The minimum absolute atomic E-state index is 0.0439. The SMILES string of the molecule is CC(C)CC(NC(=O)c1ccccc1[N+](=O)[O-])c1nc2ccccc2[nH]1. The van der Waals surface area contributed by atoms with Crippen LogP contribution in [0, 0.1) is 16.0 Å². The molecule has 0 spiro atoms. The molecule has 1 aromatic heterocycles. The standard InChI is InChI=1S/C19H20N4O3/c1-12(2)11-16(18-20-14-8-4-5-9-15(14)21-18)22-19(24)13-7-3-6-10-17(13)23(25)26/h3-10,12,16H,11H2,1-2H3,(H,20,21)(H,22,24). The fourth-order valence-corrected chi connectivity index (χ4v) is 2.91. The predicted octanol–water partition coefficient (Wildman–Crippen LogP) is 3.99. The van der Waals surface area contributed by atoms with Gasteiger partial charge in [0.2, 0.25) is 0 Å². The van der Waals surface area contributed by atoms with Crippen molar-refractivity contribution in [3.05, 3.63) is 70.0 Å². The largest absolute Gasteiger partial charge is 0.342 e. The summed E-state index contributed by atoms with van der Waals surface area (Å²) in [7, 11) is 0. The fraction of sp³-hybridized carbons (Fsp3) is 0.263. The number of aromatic nitrogens is 2. The summed E-state index contributed by atoms with van der Waals surface area (Å²) in [5.74, 6) is 0.467. The van der Waals surface area contributed by atoms with E-state index < -0.39 is 10.8 Å². The van der Waals surface area contributed by atoms with Crippen LogP contribution in [0.3, 0.4) is 0 Å². The average Bonchev–Trinajstić information content (AvgIpc) is 3.04. The van der Waals surface area contributed by atoms with E-state index in [-0.39, 0.29) is 17.3 Å². The maximum absolute atomic E-state index is 12.7. The molecule has 1 unspecified atom stereocenters. The molecule has 0 bridgehead atoms. The van der Waals surface area contributed by atoms with Gasteiger partial charge in [-0.05, 0) is 30.5 Å². The van der Waals surface area contributed by atoms with E-state index in [0.717, 1.165) is 11.0 Å². The van der Waals surface area contributed by atoms with Crippen LogP contribution in [0.5, 0.6) is 0 Å². The van der Waals surface area contributed by atoms with Crippen molar-refractivity contribution in [1.29, 1.82) is 0 Å². The van der Waals surface area contributed by atoms with Crippen molar-refractivity contribution in [2.24, 2.45) is 5.92 Å². The second-order valence-electron chi connectivity index (χ2n) is 6.57. The summed E-state index contributed by atoms with van der Waals surface area (Å²) >= 11 is 0. The van der Waals surface area contributed by atoms with Gasteiger partial charge in [0, 0.05) is 6.07 Å². The summed E-state index contributed by atoms with van der Waals surface area (Å²) in [6, 6.07) is 13.2. The van der Waals surface area contributed by atoms with E-state index in [1.54, 1.807) is 12.1 Å². The topological polar surface area (TPSA) is 101 Å². The molecule has 0 aliphatic carbocycles. The van der Waals surface area contributed by atoms with Crippen LogP contribution in [0.15, 0.2) is 48.5 Å². The fourth-order valence-electron chi connectivity index (χ4n) is 2.91. The zero-order chi connectivity index (χ0) is 18.7. The summed E-state index contributed by atoms with van der Waals surface area (Å²) in [5, 5.41) is 14.1. The van der Waals surface area contributed by atoms with Gasteiger partial charge >= 0.3 is 0 Å². The highest BCUT2D eigenvalue weighted by molar-refractivity contribution is 5.98. The second kappa shape index (κ2) is 7.35. The van der Waals surface area contributed by atoms with Gasteiger partial charge < -0.3 is 10.3 Å². The van der Waals surface area contributed by atoms with Crippen LogP contribution in [-0.2, 0) is 0 Å². The molecule has 0 saturated carbocycles. The maximum atomic E-state index is 12.7. The Hall–Kier alpha value is -3.22. The van der Waals surface area contributed by atoms with E-state index >= 15 is 0 Å². The van der Waals surface area contributed by atoms with E-state index in [1.165, 1.54) is 12.1 Å². The molecule has 26 heavy (non-hydrogen) atoms. The highest BCUT2D eigenvalue weighted by atomic mass is 16.6. The molecule has 0 aliphatic rings. The number of carbonyl (C=O) groups excluding carboxylic acids is 1. The first kappa shape index (κ1) is 17.6. The van der Waals surface area contributed by atoms with Crippen LogP contribution in [-0.4, -0.2) is 20.8 Å². The molecule has 0 saturated heterocycles. The Morgan fingerprint density at radius 3 is 2.58 bits per heavy atom. The lowest BCUT2D eigenvalue weighted by atomic mass is 10.0. The Morgan fingerprint density at radius 2 is 1.88 bits per heavy atom. The summed E-state index contributed by atoms with van der Waals surface area (Å²) < 4.78 is 0. The van der Waals surface area contributed by atoms with Gasteiger partial charge in [-0.1, -0.05) is 38.1 Å². The number of H-pyrrole nitrogens is 1. The number of imidazole rings is 1. The first-order valence-corrected chi connectivity index (χ1v) is 8.44. The third-order valence-electron chi connectivity index (χ3n) is 4.10. The molecule has 1 amide bonds. The number of nitro groups is 1. The van der Waals surface area contributed by atoms with E-state index in [4.69, 9.17) is 0 Å². The van der Waals surface area contributed by atoms with Crippen LogP contribution in [0.4, 0.5) is 5.69 Å². The first-order valence-electron chi connectivity index (χ1n) is 8.44. The molecule has 3 aromatic rings. The summed E-state index contributed by atoms with van der Waals surface area (Å²) in [6.45, 7) is 4.10. The molecule has 134 valence electrons. The van der Waals surface area contributed by atoms with Gasteiger partial charge in [0.1, 0.15) is 11.4 Å². The number of nitrogens with one attached hydrogen (secondary N) is 2. The number of nitro benzene ring substituents is 1. The third-order valence-corrected chi connectivity index (χ3v) is 4.10. The monoisotopic (exact) mass is 352 g/mol. The van der Waals surface area contributed by atoms with Gasteiger partial charge in [0.25, 0.3) is 11.6 Å². The van der Waals surface area contributed by atoms with Crippen molar-refractivity contribution in [2.75, 3.05) is 0 Å². The lowest BCUT2D eigenvalue weighted by Gasteiger charge is -2.18. The molecule has 1 heterocycles. The number of carbonyl (C=O) groups is 1. The Balaban J connectivity index is 1.91. The normalized spacial score (nSPS) is 12.3. The van der Waals surface area contributed by atoms with Crippen molar-refractivity contribution in [3.8, 4) is 0 Å². The van der Waals surface area contributed by atoms with Crippen LogP contribution in [0.1, 0.15) is 42.5 Å². The second-order valence-corrected chi connectivity index (χ2v) is 6.57. The van der Waals surface area contributed by atoms with Crippen LogP contribution in [0.25, 0.3) is 11.0 Å². The van der Waals surface area contributed by atoms with Gasteiger partial charge in [0.05, 0.1) is 22.0 Å². The lowest BCUT2D eigenvalue weighted by Crippen LogP contribution is -2.30. The molecule has 2 N–H and O–H groups in total. The Kier molecular flexibility index (Phi) is 4.97. The molecule has 7 nitrogen and oxygen atoms in total. The number of para-hydroxylation sites is 3. The number of aromatic amines is 1. The summed E-state index contributed by atoms with van der Waals surface area (Å²) in [4.78, 5) is 31.1. The number of nitrogens with zero attached hydrogens (tertiary/aromatic N) is 2. The van der Waals surface area contributed by atoms with Gasteiger partial charge in [-0.25, -0.2) is 4.98 Å². The lowest BCUT2D eigenvalue weighted by molar-refractivity contribution is -0.385.